The molecule has 168 valence electrons. The van der Waals surface area contributed by atoms with Crippen molar-refractivity contribution in [1.82, 2.24) is 9.97 Å². The molecular weight excluding hydrogens is 424 g/mol. The van der Waals surface area contributed by atoms with E-state index in [9.17, 15) is 0 Å². The zero-order valence-corrected chi connectivity index (χ0v) is 20.0. The van der Waals surface area contributed by atoms with Crippen LogP contribution < -0.4 is 0 Å². The number of rotatable bonds is 4. The van der Waals surface area contributed by atoms with Crippen LogP contribution in [0, 0.1) is 6.92 Å². The molecule has 0 aliphatic carbocycles. The van der Waals surface area contributed by atoms with Crippen molar-refractivity contribution >= 4 is 21.8 Å². The van der Waals surface area contributed by atoms with Crippen LogP contribution in [-0.4, -0.2) is 9.97 Å². The Kier molecular flexibility index (Phi) is 5.35. The minimum absolute atomic E-state index is 0.870. The van der Waals surface area contributed by atoms with Gasteiger partial charge in [-0.1, -0.05) is 85.8 Å². The topological polar surface area (TPSA) is 25.8 Å². The number of hydrogen-bond acceptors (Lipinski definition) is 2. The second-order valence-electron chi connectivity index (χ2n) is 9.03. The summed E-state index contributed by atoms with van der Waals surface area (Å²) in [5, 5.41) is 2.26. The number of benzene rings is 4. The van der Waals surface area contributed by atoms with Crippen molar-refractivity contribution in [2.24, 2.45) is 0 Å². The Morgan fingerprint density at radius 2 is 1.14 bits per heavy atom. The summed E-state index contributed by atoms with van der Waals surface area (Å²) in [6, 6.07) is 39.0. The molecule has 4 aromatic carbocycles. The maximum atomic E-state index is 5.05. The van der Waals surface area contributed by atoms with E-state index in [1.54, 1.807) is 0 Å². The number of aryl methyl sites for hydroxylation is 2. The SMILES string of the molecule is CCc1cc(-c2cc(-c3ccccc3)cc(-c3ccccc3)c2)c2ccc3ccc(C)nc3c2n1. The maximum Gasteiger partial charge on any atom is 0.0974 e. The van der Waals surface area contributed by atoms with Gasteiger partial charge in [0, 0.05) is 22.2 Å². The van der Waals surface area contributed by atoms with Crippen molar-refractivity contribution in [2.45, 2.75) is 20.3 Å². The summed E-state index contributed by atoms with van der Waals surface area (Å²) in [6.07, 6.45) is 0.870. The van der Waals surface area contributed by atoms with Gasteiger partial charge in [-0.25, -0.2) is 0 Å². The van der Waals surface area contributed by atoms with E-state index in [0.29, 0.717) is 0 Å². The summed E-state index contributed by atoms with van der Waals surface area (Å²) >= 11 is 0. The Morgan fingerprint density at radius 3 is 1.77 bits per heavy atom. The van der Waals surface area contributed by atoms with Gasteiger partial charge in [0.15, 0.2) is 0 Å². The average molecular weight is 451 g/mol. The van der Waals surface area contributed by atoms with Crippen LogP contribution in [0.1, 0.15) is 18.3 Å². The van der Waals surface area contributed by atoms with Gasteiger partial charge in [0.05, 0.1) is 11.0 Å². The van der Waals surface area contributed by atoms with Crippen molar-refractivity contribution in [3.8, 4) is 33.4 Å². The lowest BCUT2D eigenvalue weighted by Gasteiger charge is -2.15. The van der Waals surface area contributed by atoms with Gasteiger partial charge in [0.2, 0.25) is 0 Å². The predicted octanol–water partition coefficient (Wildman–Crippen LogP) is 8.65. The van der Waals surface area contributed by atoms with E-state index in [4.69, 9.17) is 9.97 Å². The van der Waals surface area contributed by atoms with E-state index >= 15 is 0 Å². The Balaban J connectivity index is 1.67. The standard InChI is InChI=1S/C33H26N2/c1-3-29-21-31(30-17-16-25-15-14-22(2)34-32(25)33(30)35-29)28-19-26(23-10-6-4-7-11-23)18-27(20-28)24-12-8-5-9-13-24/h4-21H,3H2,1-2H3. The van der Waals surface area contributed by atoms with Gasteiger partial charge in [-0.3, -0.25) is 9.97 Å². The van der Waals surface area contributed by atoms with Gasteiger partial charge in [0.25, 0.3) is 0 Å². The molecule has 0 radical (unpaired) electrons. The van der Waals surface area contributed by atoms with E-state index in [1.807, 2.05) is 6.92 Å². The van der Waals surface area contributed by atoms with Gasteiger partial charge in [0.1, 0.15) is 0 Å². The fourth-order valence-corrected chi connectivity index (χ4v) is 4.82. The highest BCUT2D eigenvalue weighted by molar-refractivity contribution is 6.08. The molecule has 0 atom stereocenters. The molecule has 2 heteroatoms. The van der Waals surface area contributed by atoms with E-state index in [1.165, 1.54) is 33.4 Å². The molecule has 0 unspecified atom stereocenters. The van der Waals surface area contributed by atoms with Crippen molar-refractivity contribution < 1.29 is 0 Å². The third-order valence-electron chi connectivity index (χ3n) is 6.65. The van der Waals surface area contributed by atoms with Gasteiger partial charge in [-0.05, 0) is 77.1 Å². The van der Waals surface area contributed by atoms with Gasteiger partial charge in [-0.2, -0.15) is 0 Å². The van der Waals surface area contributed by atoms with E-state index in [2.05, 4.69) is 116 Å². The Morgan fingerprint density at radius 1 is 0.543 bits per heavy atom. The van der Waals surface area contributed by atoms with Crippen LogP contribution in [0.5, 0.6) is 0 Å². The zero-order valence-electron chi connectivity index (χ0n) is 20.0. The predicted molar refractivity (Wildman–Crippen MR) is 147 cm³/mol. The fraction of sp³-hybridized carbons (Fsp3) is 0.0909. The van der Waals surface area contributed by atoms with Crippen LogP contribution in [0.3, 0.4) is 0 Å². The lowest BCUT2D eigenvalue weighted by atomic mass is 9.91. The molecule has 35 heavy (non-hydrogen) atoms. The number of pyridine rings is 2. The minimum Gasteiger partial charge on any atom is -0.251 e. The molecule has 0 amide bonds. The fourth-order valence-electron chi connectivity index (χ4n) is 4.82. The van der Waals surface area contributed by atoms with Crippen LogP contribution in [0.15, 0.2) is 109 Å². The lowest BCUT2D eigenvalue weighted by Crippen LogP contribution is -1.95. The summed E-state index contributed by atoms with van der Waals surface area (Å²) in [5.74, 6) is 0. The summed E-state index contributed by atoms with van der Waals surface area (Å²) in [6.45, 7) is 4.20. The first-order valence-corrected chi connectivity index (χ1v) is 12.2. The lowest BCUT2D eigenvalue weighted by molar-refractivity contribution is 1.06. The molecule has 0 saturated heterocycles. The third kappa shape index (κ3) is 3.98. The smallest absolute Gasteiger partial charge is 0.0974 e. The van der Waals surface area contributed by atoms with Crippen LogP contribution in [0.25, 0.3) is 55.2 Å². The third-order valence-corrected chi connectivity index (χ3v) is 6.65. The van der Waals surface area contributed by atoms with Crippen LogP contribution in [0.2, 0.25) is 0 Å². The molecule has 2 aromatic heterocycles. The molecule has 2 heterocycles. The van der Waals surface area contributed by atoms with E-state index in [-0.39, 0.29) is 0 Å². The molecular formula is C33H26N2. The normalized spacial score (nSPS) is 11.3. The Hall–Kier alpha value is -4.30. The molecule has 0 spiro atoms. The van der Waals surface area contributed by atoms with Gasteiger partial charge >= 0.3 is 0 Å². The first-order valence-electron chi connectivity index (χ1n) is 12.2. The van der Waals surface area contributed by atoms with E-state index < -0.39 is 0 Å². The molecule has 0 bridgehead atoms. The van der Waals surface area contributed by atoms with Gasteiger partial charge in [-0.15, -0.1) is 0 Å². The molecule has 0 aliphatic rings. The molecule has 0 N–H and O–H groups in total. The molecule has 0 saturated carbocycles. The average Bonchev–Trinajstić information content (AvgIpc) is 2.93. The van der Waals surface area contributed by atoms with Crippen molar-refractivity contribution in [2.75, 3.05) is 0 Å². The molecule has 6 rings (SSSR count). The summed E-state index contributed by atoms with van der Waals surface area (Å²) in [7, 11) is 0. The Labute approximate surface area is 206 Å². The number of fused-ring (bicyclic) bond motifs is 3. The minimum atomic E-state index is 0.870. The summed E-state index contributed by atoms with van der Waals surface area (Å²) in [4.78, 5) is 9.93. The van der Waals surface area contributed by atoms with Gasteiger partial charge < -0.3 is 0 Å². The van der Waals surface area contributed by atoms with Crippen molar-refractivity contribution in [3.63, 3.8) is 0 Å². The highest BCUT2D eigenvalue weighted by Crippen LogP contribution is 2.37. The number of nitrogens with zero attached hydrogens (tertiary/aromatic N) is 2. The molecule has 2 nitrogen and oxygen atoms in total. The molecule has 6 aromatic rings. The van der Waals surface area contributed by atoms with E-state index in [0.717, 1.165) is 39.6 Å². The largest absolute Gasteiger partial charge is 0.251 e. The first-order chi connectivity index (χ1) is 17.2. The number of hydrogen-bond donors (Lipinski definition) is 0. The highest BCUT2D eigenvalue weighted by atomic mass is 14.8. The highest BCUT2D eigenvalue weighted by Gasteiger charge is 2.14. The second kappa shape index (κ2) is 8.81. The second-order valence-corrected chi connectivity index (χ2v) is 9.03. The quantitative estimate of drug-likeness (QED) is 0.251. The van der Waals surface area contributed by atoms with Crippen molar-refractivity contribution in [3.05, 3.63) is 121 Å². The van der Waals surface area contributed by atoms with Crippen molar-refractivity contribution in [1.29, 1.82) is 0 Å². The van der Waals surface area contributed by atoms with Crippen LogP contribution in [0.4, 0.5) is 0 Å². The zero-order chi connectivity index (χ0) is 23.8. The number of aromatic nitrogens is 2. The summed E-state index contributed by atoms with van der Waals surface area (Å²) < 4.78 is 0. The molecule has 0 fully saturated rings. The Bertz CT molecular complexity index is 1610. The maximum absolute atomic E-state index is 5.05. The monoisotopic (exact) mass is 450 g/mol. The molecule has 0 aliphatic heterocycles. The van der Waals surface area contributed by atoms with Crippen LogP contribution >= 0.6 is 0 Å². The first kappa shape index (κ1) is 21.2. The van der Waals surface area contributed by atoms with Crippen LogP contribution in [-0.2, 0) is 6.42 Å². The summed E-state index contributed by atoms with van der Waals surface area (Å²) in [5.41, 5.74) is 11.3.